The molecular weight excluding hydrogens is 466 g/mol. The van der Waals surface area contributed by atoms with E-state index in [1.165, 1.54) is 6.07 Å². The highest BCUT2D eigenvalue weighted by Gasteiger charge is 2.30. The number of alkyl halides is 3. The molecule has 0 unspecified atom stereocenters. The van der Waals surface area contributed by atoms with E-state index in [4.69, 9.17) is 0 Å². The molecule has 4 aromatic rings. The Labute approximate surface area is 197 Å². The molecule has 0 spiro atoms. The van der Waals surface area contributed by atoms with Crippen LogP contribution in [0.25, 0.3) is 22.2 Å². The van der Waals surface area contributed by atoms with Crippen molar-refractivity contribution in [1.82, 2.24) is 19.3 Å². The Hall–Kier alpha value is -3.11. The summed E-state index contributed by atoms with van der Waals surface area (Å²) < 4.78 is 54.7. The zero-order valence-corrected chi connectivity index (χ0v) is 18.8. The number of H-pyrrole nitrogens is 1. The van der Waals surface area contributed by atoms with E-state index in [9.17, 15) is 17.6 Å². The second-order valence-electron chi connectivity index (χ2n) is 8.14. The van der Waals surface area contributed by atoms with Crippen molar-refractivity contribution in [2.45, 2.75) is 30.0 Å². The van der Waals surface area contributed by atoms with Crippen LogP contribution in [0.4, 0.5) is 23.4 Å². The van der Waals surface area contributed by atoms with Gasteiger partial charge in [-0.15, -0.1) is 0 Å². The zero-order chi connectivity index (χ0) is 23.7. The van der Waals surface area contributed by atoms with Gasteiger partial charge in [0, 0.05) is 47.4 Å². The molecule has 0 bridgehead atoms. The van der Waals surface area contributed by atoms with Crippen molar-refractivity contribution < 1.29 is 17.6 Å². The molecule has 1 aromatic carbocycles. The van der Waals surface area contributed by atoms with Crippen LogP contribution in [0, 0.1) is 5.95 Å². The summed E-state index contributed by atoms with van der Waals surface area (Å²) in [6.45, 7) is 1.65. The van der Waals surface area contributed by atoms with Crippen LogP contribution in [0.5, 0.6) is 0 Å². The first-order chi connectivity index (χ1) is 16.3. The van der Waals surface area contributed by atoms with E-state index in [1.54, 1.807) is 24.2 Å². The smallest absolute Gasteiger partial charge is 0.367 e. The Morgan fingerprint density at radius 1 is 1.03 bits per heavy atom. The van der Waals surface area contributed by atoms with Crippen LogP contribution < -0.4 is 5.32 Å². The van der Waals surface area contributed by atoms with Gasteiger partial charge in [-0.3, -0.25) is 0 Å². The summed E-state index contributed by atoms with van der Waals surface area (Å²) >= 11 is 1.64. The van der Waals surface area contributed by atoms with E-state index in [0.29, 0.717) is 17.0 Å². The van der Waals surface area contributed by atoms with Crippen molar-refractivity contribution in [3.63, 3.8) is 0 Å². The number of hydrogen-bond donors (Lipinski definition) is 2. The summed E-state index contributed by atoms with van der Waals surface area (Å²) in [6.07, 6.45) is -0.0927. The summed E-state index contributed by atoms with van der Waals surface area (Å²) in [5.74, 6) is -0.0540. The Morgan fingerprint density at radius 2 is 1.79 bits per heavy atom. The monoisotopic (exact) mass is 487 g/mol. The fourth-order valence-corrected chi connectivity index (χ4v) is 4.90. The molecule has 1 aliphatic heterocycles. The van der Waals surface area contributed by atoms with Crippen LogP contribution in [0.2, 0.25) is 0 Å². The maximum atomic E-state index is 14.4. The van der Waals surface area contributed by atoms with Gasteiger partial charge in [0.25, 0.3) is 0 Å². The van der Waals surface area contributed by atoms with Crippen molar-refractivity contribution >= 4 is 28.8 Å². The van der Waals surface area contributed by atoms with E-state index in [2.05, 4.69) is 24.6 Å². The minimum atomic E-state index is -4.38. The van der Waals surface area contributed by atoms with Crippen molar-refractivity contribution in [2.24, 2.45) is 0 Å². The topological polar surface area (TPSA) is 56.8 Å². The number of nitrogens with one attached hydrogen (secondary N) is 2. The van der Waals surface area contributed by atoms with E-state index in [1.807, 2.05) is 30.3 Å². The highest BCUT2D eigenvalue weighted by atomic mass is 32.2. The normalized spacial score (nSPS) is 15.6. The second kappa shape index (κ2) is 9.27. The Morgan fingerprint density at radius 3 is 2.47 bits per heavy atom. The summed E-state index contributed by atoms with van der Waals surface area (Å²) in [4.78, 5) is 11.8. The first-order valence-corrected chi connectivity index (χ1v) is 11.6. The van der Waals surface area contributed by atoms with Gasteiger partial charge >= 0.3 is 6.18 Å². The average molecular weight is 488 g/mol. The van der Waals surface area contributed by atoms with Gasteiger partial charge in [0.1, 0.15) is 11.5 Å². The van der Waals surface area contributed by atoms with Crippen molar-refractivity contribution in [1.29, 1.82) is 0 Å². The van der Waals surface area contributed by atoms with Crippen molar-refractivity contribution in [2.75, 3.05) is 18.4 Å². The predicted molar refractivity (Wildman–Crippen MR) is 125 cm³/mol. The third kappa shape index (κ3) is 5.02. The molecule has 2 N–H and O–H groups in total. The third-order valence-electron chi connectivity index (χ3n) is 5.79. The molecule has 10 heteroatoms. The lowest BCUT2D eigenvalue weighted by molar-refractivity contribution is -0.137. The molecule has 3 aromatic heterocycles. The number of anilines is 1. The van der Waals surface area contributed by atoms with Gasteiger partial charge in [-0.1, -0.05) is 12.1 Å². The molecule has 0 saturated carbocycles. The number of piperidine rings is 1. The van der Waals surface area contributed by atoms with E-state index in [-0.39, 0.29) is 6.04 Å². The van der Waals surface area contributed by atoms with E-state index in [0.717, 1.165) is 54.0 Å². The molecule has 0 aliphatic carbocycles. The number of halogens is 4. The first kappa shape index (κ1) is 22.7. The quantitative estimate of drug-likeness (QED) is 0.195. The molecule has 5 rings (SSSR count). The largest absolute Gasteiger partial charge is 0.417 e. The molecule has 176 valence electrons. The predicted octanol–water partition coefficient (Wildman–Crippen LogP) is 6.37. The van der Waals surface area contributed by atoms with E-state index < -0.39 is 17.7 Å². The van der Waals surface area contributed by atoms with Crippen LogP contribution in [0.1, 0.15) is 18.4 Å². The number of hydrogen-bond acceptors (Lipinski definition) is 5. The number of rotatable bonds is 5. The van der Waals surface area contributed by atoms with Gasteiger partial charge < -0.3 is 10.3 Å². The molecule has 0 atom stereocenters. The Kier molecular flexibility index (Phi) is 6.18. The Bertz CT molecular complexity index is 1260. The SMILES string of the molecule is Fc1nc2[nH]ccc2cc1-c1ccc(SN2CCC(Nc3ccc(C(F)(F)F)cn3)CC2)cc1. The van der Waals surface area contributed by atoms with Crippen LogP contribution in [-0.2, 0) is 6.18 Å². The average Bonchev–Trinajstić information content (AvgIpc) is 3.27. The number of benzene rings is 1. The van der Waals surface area contributed by atoms with Gasteiger partial charge in [0.2, 0.25) is 5.95 Å². The number of aromatic nitrogens is 3. The summed E-state index contributed by atoms with van der Waals surface area (Å²) in [7, 11) is 0. The van der Waals surface area contributed by atoms with Gasteiger partial charge in [0.15, 0.2) is 0 Å². The van der Waals surface area contributed by atoms with Crippen LogP contribution in [0.15, 0.2) is 65.8 Å². The van der Waals surface area contributed by atoms with Crippen LogP contribution >= 0.6 is 11.9 Å². The number of aromatic amines is 1. The van der Waals surface area contributed by atoms with E-state index >= 15 is 0 Å². The third-order valence-corrected chi connectivity index (χ3v) is 6.89. The van der Waals surface area contributed by atoms with Gasteiger partial charge in [-0.25, -0.2) is 14.3 Å². The molecule has 34 heavy (non-hydrogen) atoms. The van der Waals surface area contributed by atoms with Crippen molar-refractivity contribution in [3.05, 3.63) is 72.4 Å². The minimum absolute atomic E-state index is 0.155. The highest BCUT2D eigenvalue weighted by molar-refractivity contribution is 7.97. The molecule has 4 heterocycles. The van der Waals surface area contributed by atoms with Gasteiger partial charge in [0.05, 0.1) is 5.56 Å². The standard InChI is InChI=1S/C24H21F4N5S/c25-22-20(13-16-7-10-29-23(16)32-22)15-1-4-19(5-2-15)34-33-11-8-18(9-12-33)31-21-6-3-17(14-30-21)24(26,27)28/h1-7,10,13-14,18H,8-9,11-12H2,(H,29,32)(H,30,31). The van der Waals surface area contributed by atoms with Gasteiger partial charge in [-0.05, 0) is 66.8 Å². The summed E-state index contributed by atoms with van der Waals surface area (Å²) in [5.41, 5.74) is 1.01. The fourth-order valence-electron chi connectivity index (χ4n) is 3.95. The zero-order valence-electron chi connectivity index (χ0n) is 17.9. The molecule has 0 amide bonds. The van der Waals surface area contributed by atoms with Crippen molar-refractivity contribution in [3.8, 4) is 11.1 Å². The van der Waals surface area contributed by atoms with Crippen LogP contribution in [0.3, 0.4) is 0 Å². The second-order valence-corrected chi connectivity index (χ2v) is 9.31. The Balaban J connectivity index is 1.15. The molecule has 5 nitrogen and oxygen atoms in total. The number of pyridine rings is 2. The molecular formula is C24H21F4N5S. The lowest BCUT2D eigenvalue weighted by Crippen LogP contribution is -2.35. The lowest BCUT2D eigenvalue weighted by atomic mass is 10.1. The first-order valence-electron chi connectivity index (χ1n) is 10.8. The molecule has 1 fully saturated rings. The summed E-state index contributed by atoms with van der Waals surface area (Å²) in [5, 5.41) is 4.09. The fraction of sp³-hybridized carbons (Fsp3) is 0.250. The minimum Gasteiger partial charge on any atom is -0.367 e. The highest BCUT2D eigenvalue weighted by Crippen LogP contribution is 2.32. The molecule has 0 radical (unpaired) electrons. The van der Waals surface area contributed by atoms with Crippen LogP contribution in [-0.4, -0.2) is 38.4 Å². The molecule has 1 saturated heterocycles. The number of fused-ring (bicyclic) bond motifs is 1. The number of nitrogens with zero attached hydrogens (tertiary/aromatic N) is 3. The maximum Gasteiger partial charge on any atom is 0.417 e. The molecule has 1 aliphatic rings. The summed E-state index contributed by atoms with van der Waals surface area (Å²) in [6, 6.07) is 14.0. The lowest BCUT2D eigenvalue weighted by Gasteiger charge is -2.31. The maximum absolute atomic E-state index is 14.4. The van der Waals surface area contributed by atoms with Gasteiger partial charge in [-0.2, -0.15) is 17.6 Å².